The Balaban J connectivity index is 1.36. The molecule has 0 radical (unpaired) electrons. The fourth-order valence-electron chi connectivity index (χ4n) is 6.79. The number of fused-ring (bicyclic) bond motifs is 8. The zero-order valence-corrected chi connectivity index (χ0v) is 29.1. The lowest BCUT2D eigenvalue weighted by Crippen LogP contribution is -2.07. The number of thioether (sulfide) groups is 2. The molecule has 0 N–H and O–H groups in total. The number of nitrogens with zero attached hydrogens (tertiary/aromatic N) is 5. The van der Waals surface area contributed by atoms with Gasteiger partial charge in [0.2, 0.25) is 0 Å². The Bertz CT molecular complexity index is 2140. The van der Waals surface area contributed by atoms with Crippen molar-refractivity contribution in [2.75, 3.05) is 6.61 Å². The Kier molecular flexibility index (Phi) is 8.42. The van der Waals surface area contributed by atoms with E-state index >= 15 is 0 Å². The maximum Gasteiger partial charge on any atom is 0.176 e. The largest absolute Gasteiger partial charge is 0.493 e. The number of hydrogen-bond donors (Lipinski definition) is 0. The topological polar surface area (TPSA) is 66.9 Å². The van der Waals surface area contributed by atoms with Gasteiger partial charge in [0.25, 0.3) is 0 Å². The van der Waals surface area contributed by atoms with Crippen molar-refractivity contribution < 1.29 is 9.53 Å². The molecule has 236 valence electrons. The van der Waals surface area contributed by atoms with E-state index in [1.807, 2.05) is 52.9 Å². The first-order chi connectivity index (χ1) is 22.2. The van der Waals surface area contributed by atoms with E-state index in [9.17, 15) is 4.79 Å². The zero-order chi connectivity index (χ0) is 32.1. The van der Waals surface area contributed by atoms with E-state index in [0.717, 1.165) is 89.8 Å². The number of hydrogen-bond acceptors (Lipinski definition) is 6. The summed E-state index contributed by atoms with van der Waals surface area (Å²) in [6, 6.07) is 19.0. The number of rotatable bonds is 1. The lowest BCUT2D eigenvalue weighted by molar-refractivity contribution is 0.100. The Morgan fingerprint density at radius 1 is 0.935 bits per heavy atom. The van der Waals surface area contributed by atoms with Gasteiger partial charge in [-0.25, -0.2) is 0 Å². The monoisotopic (exact) mass is 669 g/mol. The number of carbonyl (C=O) groups is 1. The quantitative estimate of drug-likeness (QED) is 0.163. The average molecular weight is 670 g/mol. The number of benzene rings is 3. The molecule has 4 heterocycles. The molecule has 7 rings (SSSR count). The fourth-order valence-corrected chi connectivity index (χ4v) is 9.02. The highest BCUT2D eigenvalue weighted by molar-refractivity contribution is 7.98. The summed E-state index contributed by atoms with van der Waals surface area (Å²) < 4.78 is 12.5. The van der Waals surface area contributed by atoms with Gasteiger partial charge in [0.1, 0.15) is 5.75 Å². The zero-order valence-electron chi connectivity index (χ0n) is 26.7. The number of ether oxygens (including phenoxy) is 1. The molecular formula is C36H36ClN5O2S2. The van der Waals surface area contributed by atoms with Crippen LogP contribution in [0.15, 0.2) is 59.5 Å². The second-order valence-electron chi connectivity index (χ2n) is 11.9. The van der Waals surface area contributed by atoms with Gasteiger partial charge in [-0.15, -0.1) is 11.8 Å². The van der Waals surface area contributed by atoms with Gasteiger partial charge in [0.05, 0.1) is 39.9 Å². The molecule has 46 heavy (non-hydrogen) atoms. The van der Waals surface area contributed by atoms with Gasteiger partial charge in [0.15, 0.2) is 5.78 Å². The van der Waals surface area contributed by atoms with Crippen molar-refractivity contribution in [1.29, 1.82) is 0 Å². The number of Topliss-reactive ketones (excluding diaryl/α,β-unsaturated/α-hetero) is 1. The van der Waals surface area contributed by atoms with Crippen LogP contribution in [-0.2, 0) is 44.8 Å². The predicted molar refractivity (Wildman–Crippen MR) is 190 cm³/mol. The molecule has 1 aliphatic heterocycles. The van der Waals surface area contributed by atoms with Crippen molar-refractivity contribution in [3.05, 3.63) is 93.5 Å². The van der Waals surface area contributed by atoms with E-state index in [0.29, 0.717) is 23.7 Å². The third-order valence-electron chi connectivity index (χ3n) is 8.86. The maximum atomic E-state index is 13.2. The molecule has 0 spiro atoms. The van der Waals surface area contributed by atoms with Crippen LogP contribution in [-0.4, -0.2) is 36.5 Å². The van der Waals surface area contributed by atoms with Gasteiger partial charge in [-0.1, -0.05) is 41.9 Å². The molecular weight excluding hydrogens is 634 g/mol. The van der Waals surface area contributed by atoms with E-state index in [-0.39, 0.29) is 5.78 Å². The van der Waals surface area contributed by atoms with Crippen LogP contribution in [0.25, 0.3) is 32.9 Å². The van der Waals surface area contributed by atoms with Crippen molar-refractivity contribution in [2.45, 2.75) is 48.8 Å². The third-order valence-corrected chi connectivity index (χ3v) is 11.2. The Labute approximate surface area is 282 Å². The summed E-state index contributed by atoms with van der Waals surface area (Å²) in [5.41, 5.74) is 8.96. The van der Waals surface area contributed by atoms with E-state index in [1.54, 1.807) is 18.7 Å². The van der Waals surface area contributed by atoms with Gasteiger partial charge in [-0.3, -0.25) is 14.2 Å². The van der Waals surface area contributed by atoms with Crippen LogP contribution in [0.3, 0.4) is 0 Å². The van der Waals surface area contributed by atoms with Crippen LogP contribution in [0.2, 0.25) is 5.02 Å². The van der Waals surface area contributed by atoms with E-state index in [1.165, 1.54) is 5.69 Å². The SMILES string of the molecule is CC(=O)c1c2c3ccc(Cl)c(c3n1C)-c1c(c(C)nn1C)CSCc1cc(n(C)n1)CSc1cc(c3ccccc3c1)OCCC2. The van der Waals surface area contributed by atoms with Gasteiger partial charge >= 0.3 is 0 Å². The van der Waals surface area contributed by atoms with Crippen molar-refractivity contribution >= 4 is 62.6 Å². The summed E-state index contributed by atoms with van der Waals surface area (Å²) in [4.78, 5) is 14.3. The van der Waals surface area contributed by atoms with Crippen molar-refractivity contribution in [2.24, 2.45) is 21.1 Å². The summed E-state index contributed by atoms with van der Waals surface area (Å²) in [6.07, 6.45) is 1.46. The summed E-state index contributed by atoms with van der Waals surface area (Å²) in [5.74, 6) is 3.27. The minimum atomic E-state index is 0.0357. The highest BCUT2D eigenvalue weighted by atomic mass is 35.5. The fraction of sp³-hybridized carbons (Fsp3) is 0.306. The van der Waals surface area contributed by atoms with Gasteiger partial charge in [-0.05, 0) is 55.0 Å². The second-order valence-corrected chi connectivity index (χ2v) is 14.4. The van der Waals surface area contributed by atoms with Crippen LogP contribution in [0, 0.1) is 6.92 Å². The standard InChI is InChI=1S/C36H36ClN5O2S2/c1-21-30-20-45-18-24-16-25(41(4)39-24)19-46-26-15-23-9-6-7-10-27(23)32(17-26)44-14-8-11-28-29-12-13-31(37)33(36(30)42(5)38-21)35(29)40(3)34(28)22(2)43/h6-7,9-10,12-13,15-17H,8,11,14,18-20H2,1-5H3. The molecule has 0 amide bonds. The molecule has 3 aromatic heterocycles. The molecule has 7 nitrogen and oxygen atoms in total. The van der Waals surface area contributed by atoms with Crippen molar-refractivity contribution in [1.82, 2.24) is 24.1 Å². The van der Waals surface area contributed by atoms with Gasteiger partial charge in [0, 0.05) is 77.8 Å². The number of carbonyl (C=O) groups excluding carboxylic acids is 1. The second kappa shape index (κ2) is 12.5. The van der Waals surface area contributed by atoms with Crippen LogP contribution in [0.5, 0.6) is 5.75 Å². The molecule has 3 aromatic carbocycles. The molecule has 0 unspecified atom stereocenters. The summed E-state index contributed by atoms with van der Waals surface area (Å²) in [5, 5.41) is 13.6. The first-order valence-corrected chi connectivity index (χ1v) is 17.9. The molecule has 0 fully saturated rings. The minimum absolute atomic E-state index is 0.0357. The number of halogens is 1. The van der Waals surface area contributed by atoms with E-state index < -0.39 is 0 Å². The molecule has 0 atom stereocenters. The number of ketones is 1. The molecule has 0 aliphatic carbocycles. The first-order valence-electron chi connectivity index (χ1n) is 15.4. The summed E-state index contributed by atoms with van der Waals surface area (Å²) in [7, 11) is 5.97. The normalized spacial score (nSPS) is 14.3. The number of aryl methyl sites for hydroxylation is 5. The molecule has 8 bridgehead atoms. The summed E-state index contributed by atoms with van der Waals surface area (Å²) in [6.45, 7) is 4.23. The van der Waals surface area contributed by atoms with E-state index in [2.05, 4.69) is 55.5 Å². The lowest BCUT2D eigenvalue weighted by atomic mass is 10.00. The first kappa shape index (κ1) is 31.0. The molecule has 10 heteroatoms. The highest BCUT2D eigenvalue weighted by Crippen LogP contribution is 2.42. The molecule has 1 aliphatic rings. The third kappa shape index (κ3) is 5.52. The van der Waals surface area contributed by atoms with Crippen molar-refractivity contribution in [3.8, 4) is 17.0 Å². The Morgan fingerprint density at radius 2 is 1.76 bits per heavy atom. The van der Waals surface area contributed by atoms with Gasteiger partial charge < -0.3 is 9.30 Å². The smallest absolute Gasteiger partial charge is 0.176 e. The van der Waals surface area contributed by atoms with Gasteiger partial charge in [-0.2, -0.15) is 22.0 Å². The van der Waals surface area contributed by atoms with Crippen LogP contribution in [0.4, 0.5) is 0 Å². The van der Waals surface area contributed by atoms with E-state index in [4.69, 9.17) is 26.5 Å². The molecule has 0 saturated carbocycles. The Morgan fingerprint density at radius 3 is 2.59 bits per heavy atom. The van der Waals surface area contributed by atoms with Crippen LogP contribution < -0.4 is 4.74 Å². The molecule has 6 aromatic rings. The summed E-state index contributed by atoms with van der Waals surface area (Å²) >= 11 is 10.7. The van der Waals surface area contributed by atoms with Crippen LogP contribution in [0.1, 0.15) is 52.0 Å². The number of aromatic nitrogens is 5. The Hall–Kier alpha value is -3.66. The average Bonchev–Trinajstić information content (AvgIpc) is 3.62. The lowest BCUT2D eigenvalue weighted by Gasteiger charge is -2.13. The molecule has 0 saturated heterocycles. The predicted octanol–water partition coefficient (Wildman–Crippen LogP) is 8.68. The van der Waals surface area contributed by atoms with Crippen LogP contribution >= 0.6 is 35.1 Å². The minimum Gasteiger partial charge on any atom is -0.493 e. The maximum absolute atomic E-state index is 13.2. The van der Waals surface area contributed by atoms with Crippen molar-refractivity contribution in [3.63, 3.8) is 0 Å². The highest BCUT2D eigenvalue weighted by Gasteiger charge is 2.26.